The highest BCUT2D eigenvalue weighted by Gasteiger charge is 2.37. The Labute approximate surface area is 196 Å². The van der Waals surface area contributed by atoms with Crippen molar-refractivity contribution in [1.82, 2.24) is 20.1 Å². The molecular formula is C25H28F3N5O. The predicted octanol–water partition coefficient (Wildman–Crippen LogP) is 4.80. The number of nitrogens with one attached hydrogen (secondary N) is 1. The smallest absolute Gasteiger partial charge is 0.355 e. The zero-order valence-electron chi connectivity index (χ0n) is 19.1. The number of aryl methyl sites for hydroxylation is 1. The van der Waals surface area contributed by atoms with E-state index in [4.69, 9.17) is 0 Å². The molecule has 180 valence electrons. The minimum Gasteiger partial charge on any atom is -0.355 e. The summed E-state index contributed by atoms with van der Waals surface area (Å²) in [5, 5.41) is 7.41. The van der Waals surface area contributed by atoms with E-state index >= 15 is 0 Å². The zero-order valence-corrected chi connectivity index (χ0v) is 19.1. The highest BCUT2D eigenvalue weighted by atomic mass is 19.4. The molecule has 2 aromatic heterocycles. The summed E-state index contributed by atoms with van der Waals surface area (Å²) >= 11 is 0. The number of alkyl halides is 3. The molecule has 1 unspecified atom stereocenters. The first-order chi connectivity index (χ1) is 16.3. The summed E-state index contributed by atoms with van der Waals surface area (Å²) in [4.78, 5) is 20.3. The molecule has 1 aliphatic rings. The Hall–Kier alpha value is -3.36. The van der Waals surface area contributed by atoms with Gasteiger partial charge in [0.15, 0.2) is 0 Å². The van der Waals surface area contributed by atoms with Crippen molar-refractivity contribution >= 4 is 11.7 Å². The van der Waals surface area contributed by atoms with Gasteiger partial charge in [-0.3, -0.25) is 9.89 Å². The summed E-state index contributed by atoms with van der Waals surface area (Å²) in [7, 11) is 1.76. The maximum atomic E-state index is 13.4. The molecule has 1 aliphatic heterocycles. The number of rotatable bonds is 7. The van der Waals surface area contributed by atoms with E-state index in [1.54, 1.807) is 16.8 Å². The third kappa shape index (κ3) is 5.58. The van der Waals surface area contributed by atoms with Crippen molar-refractivity contribution in [2.24, 2.45) is 5.92 Å². The lowest BCUT2D eigenvalue weighted by Gasteiger charge is -2.35. The molecule has 1 fully saturated rings. The number of hydrogen-bond acceptors (Lipinski definition) is 4. The molecule has 0 bridgehead atoms. The molecule has 0 saturated carbocycles. The normalized spacial score (nSPS) is 16.5. The van der Waals surface area contributed by atoms with Crippen LogP contribution in [0.15, 0.2) is 54.7 Å². The number of H-pyrrole nitrogens is 1. The van der Waals surface area contributed by atoms with Crippen LogP contribution in [0.1, 0.15) is 30.5 Å². The summed E-state index contributed by atoms with van der Waals surface area (Å²) in [6.07, 6.45) is -0.306. The van der Waals surface area contributed by atoms with Gasteiger partial charge in [0, 0.05) is 44.1 Å². The lowest BCUT2D eigenvalue weighted by Crippen LogP contribution is -2.44. The van der Waals surface area contributed by atoms with Gasteiger partial charge in [-0.2, -0.15) is 18.3 Å². The van der Waals surface area contributed by atoms with Crippen LogP contribution in [0.25, 0.3) is 11.3 Å². The standard InChI is InChI=1S/C25H28F3N5O/c1-32(14-7-11-20-16-22(31-30-20)18-8-3-2-4-9-18)24(34)19-10-6-15-33(17-19)23-21(25(26,27)28)12-5-13-29-23/h2-5,8-9,12-13,16,19H,6-7,10-11,14-15,17H2,1H3,(H,30,31). The van der Waals surface area contributed by atoms with Gasteiger partial charge in [-0.15, -0.1) is 0 Å². The summed E-state index contributed by atoms with van der Waals surface area (Å²) in [5.74, 6) is -0.480. The van der Waals surface area contributed by atoms with Gasteiger partial charge in [0.2, 0.25) is 5.91 Å². The van der Waals surface area contributed by atoms with Crippen LogP contribution in [-0.2, 0) is 17.4 Å². The molecule has 34 heavy (non-hydrogen) atoms. The first-order valence-corrected chi connectivity index (χ1v) is 11.4. The van der Waals surface area contributed by atoms with Gasteiger partial charge < -0.3 is 9.80 Å². The second kappa shape index (κ2) is 10.3. The molecule has 0 radical (unpaired) electrons. The average molecular weight is 472 g/mol. The predicted molar refractivity (Wildman–Crippen MR) is 124 cm³/mol. The van der Waals surface area contributed by atoms with Crippen molar-refractivity contribution < 1.29 is 18.0 Å². The minimum atomic E-state index is -4.48. The maximum absolute atomic E-state index is 13.4. The van der Waals surface area contributed by atoms with E-state index in [1.807, 2.05) is 36.4 Å². The van der Waals surface area contributed by atoms with E-state index in [0.717, 1.165) is 35.9 Å². The number of halogens is 3. The SMILES string of the molecule is CN(CCCc1cc(-c2ccccc2)n[nH]1)C(=O)C1CCCN(c2ncccc2C(F)(F)F)C1. The molecule has 9 heteroatoms. The molecule has 1 atom stereocenters. The fraction of sp³-hybridized carbons (Fsp3) is 0.400. The van der Waals surface area contributed by atoms with E-state index in [-0.39, 0.29) is 24.2 Å². The van der Waals surface area contributed by atoms with E-state index in [0.29, 0.717) is 25.9 Å². The van der Waals surface area contributed by atoms with Gasteiger partial charge >= 0.3 is 6.18 Å². The topological polar surface area (TPSA) is 65.1 Å². The molecular weight excluding hydrogens is 443 g/mol. The number of piperidine rings is 1. The summed E-state index contributed by atoms with van der Waals surface area (Å²) in [5.41, 5.74) is 2.17. The first-order valence-electron chi connectivity index (χ1n) is 11.4. The van der Waals surface area contributed by atoms with Crippen molar-refractivity contribution in [2.75, 3.05) is 31.6 Å². The van der Waals surface area contributed by atoms with E-state index in [1.165, 1.54) is 12.3 Å². The van der Waals surface area contributed by atoms with Crippen LogP contribution in [0.4, 0.5) is 19.0 Å². The second-order valence-electron chi connectivity index (χ2n) is 8.67. The fourth-order valence-electron chi connectivity index (χ4n) is 4.42. The van der Waals surface area contributed by atoms with Crippen LogP contribution in [0.3, 0.4) is 0 Å². The first kappa shape index (κ1) is 23.8. The molecule has 6 nitrogen and oxygen atoms in total. The maximum Gasteiger partial charge on any atom is 0.419 e. The Kier molecular flexibility index (Phi) is 7.19. The average Bonchev–Trinajstić information content (AvgIpc) is 3.32. The van der Waals surface area contributed by atoms with Gasteiger partial charge in [-0.1, -0.05) is 30.3 Å². The molecule has 0 spiro atoms. The van der Waals surface area contributed by atoms with Gasteiger partial charge in [0.25, 0.3) is 0 Å². The number of carbonyl (C=O) groups excluding carboxylic acids is 1. The highest BCUT2D eigenvalue weighted by molar-refractivity contribution is 5.79. The fourth-order valence-corrected chi connectivity index (χ4v) is 4.42. The molecule has 3 aromatic rings. The van der Waals surface area contributed by atoms with Gasteiger partial charge in [-0.25, -0.2) is 4.98 Å². The van der Waals surface area contributed by atoms with Gasteiger partial charge in [0.05, 0.1) is 17.2 Å². The van der Waals surface area contributed by atoms with Crippen LogP contribution in [0, 0.1) is 5.92 Å². The Balaban J connectivity index is 1.31. The third-order valence-electron chi connectivity index (χ3n) is 6.18. The van der Waals surface area contributed by atoms with Crippen molar-refractivity contribution in [3.8, 4) is 11.3 Å². The molecule has 0 aliphatic carbocycles. The Morgan fingerprint density at radius 2 is 2.00 bits per heavy atom. The van der Waals surface area contributed by atoms with Crippen molar-refractivity contribution in [2.45, 2.75) is 31.9 Å². The lowest BCUT2D eigenvalue weighted by molar-refractivity contribution is -0.137. The van der Waals surface area contributed by atoms with Crippen LogP contribution in [0.5, 0.6) is 0 Å². The third-order valence-corrected chi connectivity index (χ3v) is 6.18. The second-order valence-corrected chi connectivity index (χ2v) is 8.67. The minimum absolute atomic E-state index is 0.0382. The largest absolute Gasteiger partial charge is 0.419 e. The van der Waals surface area contributed by atoms with E-state index < -0.39 is 11.7 Å². The number of benzene rings is 1. The zero-order chi connectivity index (χ0) is 24.1. The van der Waals surface area contributed by atoms with E-state index in [9.17, 15) is 18.0 Å². The number of pyridine rings is 1. The van der Waals surface area contributed by atoms with Crippen LogP contribution >= 0.6 is 0 Å². The molecule has 1 N–H and O–H groups in total. The van der Waals surface area contributed by atoms with E-state index in [2.05, 4.69) is 15.2 Å². The molecule has 1 amide bonds. The molecule has 1 aromatic carbocycles. The molecule has 1 saturated heterocycles. The summed E-state index contributed by atoms with van der Waals surface area (Å²) < 4.78 is 40.2. The number of anilines is 1. The Morgan fingerprint density at radius 1 is 1.21 bits per heavy atom. The monoisotopic (exact) mass is 471 g/mol. The number of carbonyl (C=O) groups is 1. The van der Waals surface area contributed by atoms with Crippen molar-refractivity contribution in [3.05, 3.63) is 66.0 Å². The number of aromatic amines is 1. The number of aromatic nitrogens is 3. The summed E-state index contributed by atoms with van der Waals surface area (Å²) in [6, 6.07) is 14.2. The van der Waals surface area contributed by atoms with Crippen molar-refractivity contribution in [1.29, 1.82) is 0 Å². The summed E-state index contributed by atoms with van der Waals surface area (Å²) in [6.45, 7) is 1.26. The van der Waals surface area contributed by atoms with Crippen LogP contribution < -0.4 is 4.90 Å². The molecule has 4 rings (SSSR count). The molecule has 3 heterocycles. The highest BCUT2D eigenvalue weighted by Crippen LogP contribution is 2.36. The number of nitrogens with zero attached hydrogens (tertiary/aromatic N) is 4. The quantitative estimate of drug-likeness (QED) is 0.538. The van der Waals surface area contributed by atoms with Crippen LogP contribution in [-0.4, -0.2) is 52.7 Å². The Morgan fingerprint density at radius 3 is 2.76 bits per heavy atom. The number of amides is 1. The van der Waals surface area contributed by atoms with Crippen LogP contribution in [0.2, 0.25) is 0 Å². The van der Waals surface area contributed by atoms with Crippen molar-refractivity contribution in [3.63, 3.8) is 0 Å². The van der Waals surface area contributed by atoms with Gasteiger partial charge in [-0.05, 0) is 43.9 Å². The lowest BCUT2D eigenvalue weighted by atomic mass is 9.96. The number of hydrogen-bond donors (Lipinski definition) is 1. The Bertz CT molecular complexity index is 1100. The van der Waals surface area contributed by atoms with Gasteiger partial charge in [0.1, 0.15) is 5.82 Å².